The fourth-order valence-electron chi connectivity index (χ4n) is 19.3. The van der Waals surface area contributed by atoms with E-state index in [1.165, 1.54) is 28.4 Å². The van der Waals surface area contributed by atoms with E-state index in [2.05, 4.69) is 39.2 Å². The van der Waals surface area contributed by atoms with Crippen LogP contribution < -0.4 is 16.4 Å². The zero-order valence-corrected chi connectivity index (χ0v) is 88.8. The van der Waals surface area contributed by atoms with Crippen LogP contribution in [0.15, 0.2) is 60.7 Å². The summed E-state index contributed by atoms with van der Waals surface area (Å²) in [5.41, 5.74) is 6.95. The number of piperazine rings is 2. The number of methoxy groups -OCH3 is 6. The number of rotatable bonds is 48. The lowest BCUT2D eigenvalue weighted by atomic mass is 9.83. The normalized spacial score (nSPS) is 19.3. The Labute approximate surface area is 819 Å². The Balaban J connectivity index is 0.000000484. The Morgan fingerprint density at radius 3 is 1.11 bits per heavy atom. The second-order valence-corrected chi connectivity index (χ2v) is 41.3. The number of benzene rings is 2. The quantitative estimate of drug-likeness (QED) is 0.0353. The zero-order chi connectivity index (χ0) is 103. The van der Waals surface area contributed by atoms with Crippen LogP contribution in [-0.2, 0) is 98.7 Å². The number of carbonyl (C=O) groups excluding carboxylic acids is 11. The monoisotopic (exact) mass is 1930 g/mol. The van der Waals surface area contributed by atoms with E-state index in [0.717, 1.165) is 76.1 Å². The number of nitrogens with two attached hydrogens (primary N) is 1. The molecule has 780 valence electrons. The third-order valence-electron chi connectivity index (χ3n) is 27.6. The van der Waals surface area contributed by atoms with E-state index in [9.17, 15) is 62.6 Å². The first-order chi connectivity index (χ1) is 64.3. The lowest BCUT2D eigenvalue weighted by Crippen LogP contribution is -2.56. The molecule has 2 aromatic rings. The number of Topliss-reactive ketones (excluding diaryl/α,β-unsaturated/α-hetero) is 1. The van der Waals surface area contributed by atoms with E-state index >= 15 is 0 Å². The maximum absolute atomic E-state index is 14.7. The molecular weight excluding hydrogens is 1760 g/mol. The second kappa shape index (κ2) is 58.7. The maximum atomic E-state index is 14.7. The number of carboxylic acids is 1. The van der Waals surface area contributed by atoms with Crippen LogP contribution in [0.2, 0.25) is 0 Å². The van der Waals surface area contributed by atoms with Crippen molar-refractivity contribution in [3.05, 3.63) is 71.8 Å². The van der Waals surface area contributed by atoms with E-state index in [1.807, 2.05) is 190 Å². The van der Waals surface area contributed by atoms with Gasteiger partial charge in [0.2, 0.25) is 35.4 Å². The van der Waals surface area contributed by atoms with Crippen LogP contribution in [-0.4, -0.2) is 378 Å². The summed E-state index contributed by atoms with van der Waals surface area (Å²) in [6.07, 6.45) is 1.94. The average Bonchev–Trinajstić information content (AvgIpc) is 1.80. The fraction of sp³-hybridized carbons (Fsp3) is 0.767. The van der Waals surface area contributed by atoms with Crippen LogP contribution in [0.1, 0.15) is 207 Å². The summed E-state index contributed by atoms with van der Waals surface area (Å²) >= 11 is 0. The zero-order valence-electron chi connectivity index (χ0n) is 88.8. The molecule has 0 radical (unpaired) electrons. The van der Waals surface area contributed by atoms with Gasteiger partial charge in [0.25, 0.3) is 0 Å². The van der Waals surface area contributed by atoms with Crippen molar-refractivity contribution in [2.45, 2.75) is 299 Å². The number of nitrogens with zero attached hydrogens (tertiary/aromatic N) is 10. The van der Waals surface area contributed by atoms with Crippen molar-refractivity contribution in [3.63, 3.8) is 0 Å². The molecular formula is C103H177N13O21. The summed E-state index contributed by atoms with van der Waals surface area (Å²) in [4.78, 5) is 178. The molecule has 4 saturated heterocycles. The van der Waals surface area contributed by atoms with Crippen molar-refractivity contribution in [2.75, 3.05) is 162 Å². The number of likely N-dealkylation sites (N-methyl/N-ethyl adjacent to an activating group) is 4. The van der Waals surface area contributed by atoms with E-state index in [0.29, 0.717) is 65.2 Å². The van der Waals surface area contributed by atoms with Gasteiger partial charge in [-0.25, -0.2) is 19.2 Å². The minimum atomic E-state index is -0.903. The number of ketones is 1. The number of hydrogen-bond donors (Lipinski definition) is 4. The highest BCUT2D eigenvalue weighted by atomic mass is 16.6. The molecule has 0 aromatic heterocycles. The van der Waals surface area contributed by atoms with Gasteiger partial charge < -0.3 is 88.8 Å². The Bertz CT molecular complexity index is 4030. The number of amides is 8. The first kappa shape index (κ1) is 121. The number of carboxylic acid groups (broad SMARTS) is 1. The topological polar surface area (TPSA) is 381 Å². The predicted molar refractivity (Wildman–Crippen MR) is 530 cm³/mol. The maximum Gasteiger partial charge on any atom is 0.410 e. The highest BCUT2D eigenvalue weighted by Gasteiger charge is 2.47. The molecule has 5 N–H and O–H groups in total. The van der Waals surface area contributed by atoms with Gasteiger partial charge in [-0.3, -0.25) is 58.0 Å². The number of hydrogen-bond acceptors (Lipinski definition) is 25. The highest BCUT2D eigenvalue weighted by molar-refractivity contribution is 5.91. The lowest BCUT2D eigenvalue weighted by Gasteiger charge is -2.41. The minimum Gasteiger partial charge on any atom is -0.480 e. The van der Waals surface area contributed by atoms with Gasteiger partial charge in [0.05, 0.1) is 99.6 Å². The third-order valence-corrected chi connectivity index (χ3v) is 27.6. The van der Waals surface area contributed by atoms with Crippen molar-refractivity contribution < 1.29 is 101 Å². The van der Waals surface area contributed by atoms with Gasteiger partial charge in [0, 0.05) is 159 Å². The molecule has 8 amide bonds. The Morgan fingerprint density at radius 2 is 0.810 bits per heavy atom. The molecule has 0 unspecified atom stereocenters. The summed E-state index contributed by atoms with van der Waals surface area (Å²) in [5.74, 6) is -5.27. The first-order valence-corrected chi connectivity index (χ1v) is 49.7. The van der Waals surface area contributed by atoms with Crippen molar-refractivity contribution in [3.8, 4) is 0 Å². The average molecular weight is 1930 g/mol. The van der Waals surface area contributed by atoms with Crippen LogP contribution in [0.25, 0.3) is 0 Å². The number of likely N-dealkylation sites (tertiary alicyclic amines) is 2. The van der Waals surface area contributed by atoms with Gasteiger partial charge in [-0.2, -0.15) is 0 Å². The molecule has 34 heteroatoms. The Hall–Kier alpha value is -8.48. The Kier molecular flexibility index (Phi) is 51.7. The van der Waals surface area contributed by atoms with Crippen LogP contribution in [0, 0.1) is 53.3 Å². The molecule has 4 aliphatic heterocycles. The molecule has 0 saturated carbocycles. The van der Waals surface area contributed by atoms with Crippen molar-refractivity contribution in [1.82, 2.24) is 59.6 Å². The van der Waals surface area contributed by atoms with Crippen molar-refractivity contribution >= 4 is 71.3 Å². The smallest absolute Gasteiger partial charge is 0.410 e. The van der Waals surface area contributed by atoms with Gasteiger partial charge in [-0.15, -0.1) is 0 Å². The van der Waals surface area contributed by atoms with Gasteiger partial charge in [0.1, 0.15) is 29.3 Å². The lowest BCUT2D eigenvalue weighted by molar-refractivity contribution is -0.150. The summed E-state index contributed by atoms with van der Waals surface area (Å²) in [6, 6.07) is 13.9. The summed E-state index contributed by atoms with van der Waals surface area (Å²) in [5, 5.41) is 15.1. The minimum absolute atomic E-state index is 0.000322. The number of aliphatic carboxylic acids is 1. The molecule has 18 atom stereocenters. The molecule has 0 spiro atoms. The standard InChI is InChI=1S/C52H88N6O10.C34H56N4O7.C17H33N3O4/c1-16-36(6)46(43(65-13)33-44(60)58-24-20-23-41(58)47(66-14)37(7)48(61)53-40(50(63)67-15)31-38-21-18-17-19-22-38)55(12)49(62)39(34(2)3)32-42(59)45(35(4)5)54(11)25-26-56-27-29-57(30-28-56)51(64)68-52(8,9)10;1-10-22(4)30(37(6)33(41)29(35)21(2)3)27(43-7)20-28(39)38-18-14-17-26(38)31(44-8)23(5)32(40)36-25(34(42)45-9)19-24-15-12-11-13-16-24;1-13(2)14(15(21)22)18(6)7-8-19-9-11-20(12-10-19)16(23)24-17(3,4)5/h17-19,21-22,34-37,39-41,43,45-47H,16,20,23-33H2,1-15H3,(H,53,61);11-13,15-16,21-23,25-27,29-31H,10,14,17-20,35H2,1-9H3,(H,36,40);13-14H,7-12H2,1-6H3,(H,21,22)/t36-,37+,39-,40-,41-,43+,45-,46-,47+;22-,23+,25-,26-,27+,29-,30-,31+;14-/m000/s1. The number of ether oxygens (including phenoxy) is 8. The molecule has 4 aliphatic rings. The second-order valence-electron chi connectivity index (χ2n) is 41.3. The van der Waals surface area contributed by atoms with Crippen LogP contribution in [0.4, 0.5) is 9.59 Å². The van der Waals surface area contributed by atoms with E-state index < -0.39 is 114 Å². The number of carbonyl (C=O) groups is 12. The summed E-state index contributed by atoms with van der Waals surface area (Å²) in [6.45, 7) is 47.9. The number of nitrogens with one attached hydrogen (secondary N) is 2. The molecule has 0 bridgehead atoms. The SMILES string of the molecule is CC(C)[C@@H](C(=O)O)N(C)CCN1CCN(C(=O)OC(C)(C)C)CC1.CC[C@H](C)[C@@H]([C@@H](CC(=O)N1CCC[C@H]1[C@H](OC)[C@@H](C)C(=O)N[C@@H](Cc1ccccc1)C(=O)OC)OC)N(C)C(=O)[C@@H](CC(=O)[C@H](C(C)C)N(C)CCN1CCN(C(=O)OC(C)(C)C)CC1)C(C)C.CC[C@H](C)[C@@H]([C@@H](CC(=O)N1CCC[C@H]1[C@H](OC)[C@@H](C)C(=O)N[C@@H](Cc1ccccc1)C(=O)OC)OC)N(C)C(=O)[C@@H](N)C(C)C. The highest BCUT2D eigenvalue weighted by Crippen LogP contribution is 2.35. The third kappa shape index (κ3) is 37.5. The molecule has 34 nitrogen and oxygen atoms in total. The fourth-order valence-corrected chi connectivity index (χ4v) is 19.3. The summed E-state index contributed by atoms with van der Waals surface area (Å²) in [7, 11) is 16.1. The molecule has 6 rings (SSSR count). The van der Waals surface area contributed by atoms with Gasteiger partial charge in [-0.05, 0) is 128 Å². The van der Waals surface area contributed by atoms with Crippen molar-refractivity contribution in [2.24, 2.45) is 59.0 Å². The Morgan fingerprint density at radius 1 is 0.460 bits per heavy atom. The van der Waals surface area contributed by atoms with Gasteiger partial charge in [-0.1, -0.05) is 170 Å². The van der Waals surface area contributed by atoms with Crippen LogP contribution >= 0.6 is 0 Å². The number of esters is 2. The van der Waals surface area contributed by atoms with Crippen LogP contribution in [0.3, 0.4) is 0 Å². The molecule has 4 fully saturated rings. The van der Waals surface area contributed by atoms with Gasteiger partial charge in [0.15, 0.2) is 5.78 Å². The van der Waals surface area contributed by atoms with E-state index in [4.69, 9.17) is 43.6 Å². The van der Waals surface area contributed by atoms with Crippen molar-refractivity contribution in [1.29, 1.82) is 0 Å². The van der Waals surface area contributed by atoms with Crippen LogP contribution in [0.5, 0.6) is 0 Å². The largest absolute Gasteiger partial charge is 0.480 e. The molecule has 0 aliphatic carbocycles. The van der Waals surface area contributed by atoms with E-state index in [-0.39, 0.29) is 133 Å². The summed E-state index contributed by atoms with van der Waals surface area (Å²) < 4.78 is 44.8. The molecule has 4 heterocycles. The molecule has 2 aromatic carbocycles. The predicted octanol–water partition coefficient (Wildman–Crippen LogP) is 9.92. The first-order valence-electron chi connectivity index (χ1n) is 49.7. The van der Waals surface area contributed by atoms with Gasteiger partial charge >= 0.3 is 30.1 Å². The molecule has 137 heavy (non-hydrogen) atoms. The van der Waals surface area contributed by atoms with E-state index in [1.54, 1.807) is 71.6 Å².